The van der Waals surface area contributed by atoms with Gasteiger partial charge in [-0.2, -0.15) is 0 Å². The van der Waals surface area contributed by atoms with E-state index in [9.17, 15) is 18.0 Å². The maximum Gasteiger partial charge on any atom is 0.268 e. The molecule has 0 radical (unpaired) electrons. The summed E-state index contributed by atoms with van der Waals surface area (Å²) in [5.41, 5.74) is 6.08. The Bertz CT molecular complexity index is 845. The predicted octanol–water partition coefficient (Wildman–Crippen LogP) is 4.42. The molecule has 0 aliphatic carbocycles. The quantitative estimate of drug-likeness (QED) is 0.756. The lowest BCUT2D eigenvalue weighted by Crippen LogP contribution is -2.44. The molecule has 0 saturated carbocycles. The molecule has 0 saturated heterocycles. The second-order valence-electron chi connectivity index (χ2n) is 5.66. The normalized spacial score (nSPS) is 16.8. The van der Waals surface area contributed by atoms with Crippen LogP contribution in [0.4, 0.5) is 24.5 Å². The molecule has 0 aromatic heterocycles. The Kier molecular flexibility index (Phi) is 4.64. The molecule has 0 spiro atoms. The maximum atomic E-state index is 14.4. The number of carbonyl (C=O) groups excluding carboxylic acids is 1. The number of nitrogens with two attached hydrogens (primary N) is 1. The fourth-order valence-electron chi connectivity index (χ4n) is 2.65. The molecule has 1 amide bonds. The number of fused-ring (bicyclic) bond motifs is 1. The fraction of sp³-hybridized carbons (Fsp3) is 0.235. The van der Waals surface area contributed by atoms with Crippen LogP contribution in [0, 0.1) is 5.82 Å². The van der Waals surface area contributed by atoms with Crippen molar-refractivity contribution in [3.05, 3.63) is 51.7 Å². The van der Waals surface area contributed by atoms with E-state index in [0.717, 1.165) is 0 Å². The van der Waals surface area contributed by atoms with Crippen LogP contribution >= 0.6 is 15.9 Å². The summed E-state index contributed by atoms with van der Waals surface area (Å²) in [5, 5.41) is 0. The Morgan fingerprint density at radius 3 is 2.76 bits per heavy atom. The van der Waals surface area contributed by atoms with Gasteiger partial charge in [0.25, 0.3) is 12.3 Å². The van der Waals surface area contributed by atoms with E-state index in [-0.39, 0.29) is 33.7 Å². The lowest BCUT2D eigenvalue weighted by atomic mass is 10.1. The number of rotatable bonds is 3. The average molecular weight is 415 g/mol. The molecule has 0 bridgehead atoms. The van der Waals surface area contributed by atoms with Crippen molar-refractivity contribution in [2.75, 3.05) is 10.6 Å². The van der Waals surface area contributed by atoms with Gasteiger partial charge < -0.3 is 15.4 Å². The number of nitrogen functional groups attached to an aromatic ring is 1. The number of hydrogen-bond donors (Lipinski definition) is 1. The Hall–Kier alpha value is -2.22. The molecule has 1 aliphatic heterocycles. The predicted molar refractivity (Wildman–Crippen MR) is 91.2 cm³/mol. The Morgan fingerprint density at radius 2 is 2.08 bits per heavy atom. The van der Waals surface area contributed by atoms with Crippen LogP contribution in [0.15, 0.2) is 34.8 Å². The average Bonchev–Trinajstić information content (AvgIpc) is 2.58. The molecule has 1 atom stereocenters. The minimum atomic E-state index is -2.61. The summed E-state index contributed by atoms with van der Waals surface area (Å²) >= 11 is 3.15. The van der Waals surface area contributed by atoms with Crippen molar-refractivity contribution < 1.29 is 22.7 Å². The van der Waals surface area contributed by atoms with E-state index < -0.39 is 24.3 Å². The molecule has 8 heteroatoms. The van der Waals surface area contributed by atoms with E-state index in [2.05, 4.69) is 15.9 Å². The molecule has 132 valence electrons. The molecule has 1 aliphatic rings. The fourth-order valence-corrected chi connectivity index (χ4v) is 3.04. The number of anilines is 2. The number of alkyl halides is 2. The van der Waals surface area contributed by atoms with Crippen LogP contribution in [0.5, 0.6) is 5.75 Å². The molecule has 3 rings (SSSR count). The minimum absolute atomic E-state index is 0.00981. The Morgan fingerprint density at radius 1 is 1.36 bits per heavy atom. The van der Waals surface area contributed by atoms with Gasteiger partial charge in [-0.25, -0.2) is 13.2 Å². The van der Waals surface area contributed by atoms with Crippen LogP contribution < -0.4 is 15.4 Å². The smallest absolute Gasteiger partial charge is 0.268 e. The highest BCUT2D eigenvalue weighted by atomic mass is 79.9. The zero-order chi connectivity index (χ0) is 18.3. The van der Waals surface area contributed by atoms with Gasteiger partial charge >= 0.3 is 0 Å². The SMILES string of the molecule is C[C@H]1Oc2c(cc(Br)c(N)c2F)N(Cc2cccc(C(F)F)c2)C1=O. The topological polar surface area (TPSA) is 55.6 Å². The summed E-state index contributed by atoms with van der Waals surface area (Å²) in [6.07, 6.45) is -3.53. The van der Waals surface area contributed by atoms with Crippen molar-refractivity contribution in [3.8, 4) is 5.75 Å². The highest BCUT2D eigenvalue weighted by Crippen LogP contribution is 2.43. The van der Waals surface area contributed by atoms with E-state index in [1.165, 1.54) is 36.1 Å². The maximum absolute atomic E-state index is 14.4. The van der Waals surface area contributed by atoms with Gasteiger partial charge in [-0.05, 0) is 40.5 Å². The lowest BCUT2D eigenvalue weighted by molar-refractivity contribution is -0.125. The minimum Gasteiger partial charge on any atom is -0.476 e. The van der Waals surface area contributed by atoms with Gasteiger partial charge in [-0.15, -0.1) is 0 Å². The van der Waals surface area contributed by atoms with Crippen LogP contribution in [-0.4, -0.2) is 12.0 Å². The molecule has 2 N–H and O–H groups in total. The van der Waals surface area contributed by atoms with E-state index in [4.69, 9.17) is 10.5 Å². The first-order valence-electron chi connectivity index (χ1n) is 7.42. The van der Waals surface area contributed by atoms with Crippen molar-refractivity contribution in [3.63, 3.8) is 0 Å². The van der Waals surface area contributed by atoms with Crippen LogP contribution in [0.25, 0.3) is 0 Å². The molecule has 1 heterocycles. The van der Waals surface area contributed by atoms with Gasteiger partial charge in [-0.1, -0.05) is 18.2 Å². The van der Waals surface area contributed by atoms with Crippen molar-refractivity contribution >= 4 is 33.2 Å². The standard InChI is InChI=1S/C17H14BrF3N2O2/c1-8-17(24)23(7-9-3-2-4-10(5-9)16(20)21)12-6-11(18)14(22)13(19)15(12)25-8/h2-6,8,16H,7,22H2,1H3/t8-/m1/s1. The van der Waals surface area contributed by atoms with Crippen molar-refractivity contribution in [1.29, 1.82) is 0 Å². The molecule has 2 aromatic carbocycles. The number of carbonyl (C=O) groups is 1. The summed E-state index contributed by atoms with van der Waals surface area (Å²) in [7, 11) is 0. The summed E-state index contributed by atoms with van der Waals surface area (Å²) in [6.45, 7) is 1.50. The molecular formula is C17H14BrF3N2O2. The number of nitrogens with zero attached hydrogens (tertiary/aromatic N) is 1. The number of ether oxygens (including phenoxy) is 1. The summed E-state index contributed by atoms with van der Waals surface area (Å²) < 4.78 is 45.8. The number of halogens is 4. The number of amides is 1. The first-order chi connectivity index (χ1) is 11.8. The summed E-state index contributed by atoms with van der Waals surface area (Å²) in [5.74, 6) is -1.29. The van der Waals surface area contributed by atoms with E-state index in [1.807, 2.05) is 0 Å². The van der Waals surface area contributed by atoms with Crippen LogP contribution in [0.1, 0.15) is 24.5 Å². The largest absolute Gasteiger partial charge is 0.476 e. The third-order valence-electron chi connectivity index (χ3n) is 3.93. The lowest BCUT2D eigenvalue weighted by Gasteiger charge is -2.33. The van der Waals surface area contributed by atoms with Gasteiger partial charge in [-0.3, -0.25) is 4.79 Å². The van der Waals surface area contributed by atoms with Gasteiger partial charge in [0.1, 0.15) is 0 Å². The third kappa shape index (κ3) is 3.18. The van der Waals surface area contributed by atoms with Crippen LogP contribution in [-0.2, 0) is 11.3 Å². The molecule has 2 aromatic rings. The van der Waals surface area contributed by atoms with E-state index >= 15 is 0 Å². The zero-order valence-electron chi connectivity index (χ0n) is 13.1. The molecule has 4 nitrogen and oxygen atoms in total. The third-order valence-corrected chi connectivity index (χ3v) is 4.59. The first-order valence-corrected chi connectivity index (χ1v) is 8.21. The first kappa shape index (κ1) is 17.6. The zero-order valence-corrected chi connectivity index (χ0v) is 14.7. The highest BCUT2D eigenvalue weighted by molar-refractivity contribution is 9.10. The van der Waals surface area contributed by atoms with Crippen molar-refractivity contribution in [1.82, 2.24) is 0 Å². The van der Waals surface area contributed by atoms with E-state index in [0.29, 0.717) is 5.56 Å². The molecular weight excluding hydrogens is 401 g/mol. The highest BCUT2D eigenvalue weighted by Gasteiger charge is 2.35. The van der Waals surface area contributed by atoms with Crippen molar-refractivity contribution in [2.45, 2.75) is 26.0 Å². The van der Waals surface area contributed by atoms with Crippen LogP contribution in [0.2, 0.25) is 0 Å². The number of hydrogen-bond acceptors (Lipinski definition) is 3. The van der Waals surface area contributed by atoms with Gasteiger partial charge in [0, 0.05) is 10.0 Å². The number of benzene rings is 2. The van der Waals surface area contributed by atoms with Crippen molar-refractivity contribution in [2.24, 2.45) is 0 Å². The molecule has 0 fully saturated rings. The molecule has 0 unspecified atom stereocenters. The van der Waals surface area contributed by atoms with Gasteiger partial charge in [0.15, 0.2) is 17.7 Å². The summed E-state index contributed by atoms with van der Waals surface area (Å²) in [4.78, 5) is 13.8. The summed E-state index contributed by atoms with van der Waals surface area (Å²) in [6, 6.07) is 7.23. The van der Waals surface area contributed by atoms with E-state index in [1.54, 1.807) is 6.07 Å². The monoisotopic (exact) mass is 414 g/mol. The second-order valence-corrected chi connectivity index (χ2v) is 6.52. The second kappa shape index (κ2) is 6.59. The van der Waals surface area contributed by atoms with Gasteiger partial charge in [0.2, 0.25) is 0 Å². The Balaban J connectivity index is 2.05. The molecule has 25 heavy (non-hydrogen) atoms. The van der Waals surface area contributed by atoms with Gasteiger partial charge in [0.05, 0.1) is 17.9 Å². The Labute approximate surface area is 150 Å². The van der Waals surface area contributed by atoms with Crippen LogP contribution in [0.3, 0.4) is 0 Å².